The Bertz CT molecular complexity index is 1120. The van der Waals surface area contributed by atoms with Crippen LogP contribution in [0.4, 0.5) is 5.69 Å². The maximum absolute atomic E-state index is 13.7. The molecule has 1 heterocycles. The Morgan fingerprint density at radius 2 is 1.90 bits per heavy atom. The average Bonchev–Trinajstić information content (AvgIpc) is 2.95. The van der Waals surface area contributed by atoms with E-state index in [1.807, 2.05) is 25.1 Å². The predicted molar refractivity (Wildman–Crippen MR) is 152 cm³/mol. The normalized spacial score (nSPS) is 21.0. The molecule has 2 N–H and O–H groups in total. The molecule has 0 bridgehead atoms. The van der Waals surface area contributed by atoms with Crippen LogP contribution in [0.25, 0.3) is 0 Å². The molecule has 0 aromatic heterocycles. The van der Waals surface area contributed by atoms with Crippen molar-refractivity contribution < 1.29 is 24.2 Å². The van der Waals surface area contributed by atoms with Crippen molar-refractivity contribution in [2.45, 2.75) is 64.6 Å². The molecule has 212 valence electrons. The molecule has 0 saturated heterocycles. The molecule has 4 rings (SSSR count). The quantitative estimate of drug-likeness (QED) is 0.487. The largest absolute Gasteiger partial charge is 0.497 e. The van der Waals surface area contributed by atoms with Crippen LogP contribution in [0.15, 0.2) is 42.5 Å². The van der Waals surface area contributed by atoms with E-state index in [-0.39, 0.29) is 42.4 Å². The first-order valence-corrected chi connectivity index (χ1v) is 14.1. The first-order chi connectivity index (χ1) is 18.8. The minimum absolute atomic E-state index is 0.0111. The van der Waals surface area contributed by atoms with Crippen LogP contribution < -0.4 is 14.8 Å². The van der Waals surface area contributed by atoms with Crippen molar-refractivity contribution in [3.63, 3.8) is 0 Å². The molecule has 2 amide bonds. The van der Waals surface area contributed by atoms with Crippen LogP contribution in [0.2, 0.25) is 0 Å². The number of aliphatic hydroxyl groups excluding tert-OH is 1. The van der Waals surface area contributed by atoms with Gasteiger partial charge in [0.1, 0.15) is 11.9 Å². The van der Waals surface area contributed by atoms with Crippen LogP contribution in [0, 0.1) is 11.8 Å². The van der Waals surface area contributed by atoms with E-state index in [9.17, 15) is 14.7 Å². The number of amides is 2. The summed E-state index contributed by atoms with van der Waals surface area (Å²) in [4.78, 5) is 30.8. The number of likely N-dealkylation sites (N-methyl/N-ethyl adjacent to an activating group) is 1. The third-order valence-electron chi connectivity index (χ3n) is 8.03. The zero-order valence-corrected chi connectivity index (χ0v) is 23.7. The van der Waals surface area contributed by atoms with E-state index in [4.69, 9.17) is 9.47 Å². The summed E-state index contributed by atoms with van der Waals surface area (Å²) < 4.78 is 11.9. The summed E-state index contributed by atoms with van der Waals surface area (Å²) in [6.07, 6.45) is 4.82. The molecule has 39 heavy (non-hydrogen) atoms. The summed E-state index contributed by atoms with van der Waals surface area (Å²) in [6, 6.07) is 13.0. The van der Waals surface area contributed by atoms with Gasteiger partial charge in [-0.05, 0) is 56.6 Å². The van der Waals surface area contributed by atoms with Crippen molar-refractivity contribution in [2.24, 2.45) is 11.8 Å². The van der Waals surface area contributed by atoms with Gasteiger partial charge in [-0.25, -0.2) is 0 Å². The molecule has 0 unspecified atom stereocenters. The van der Waals surface area contributed by atoms with E-state index in [0.717, 1.165) is 43.5 Å². The fourth-order valence-corrected chi connectivity index (χ4v) is 5.57. The minimum Gasteiger partial charge on any atom is -0.497 e. The SMILES string of the molecule is COc1ccc(CN(C)C[C@@H]2Oc3c(NC(=O)C4CCCCC4)cccc3C(=O)N([C@H](C)CO)C[C@@H]2C)cc1. The highest BCUT2D eigenvalue weighted by molar-refractivity contribution is 6.02. The summed E-state index contributed by atoms with van der Waals surface area (Å²) in [5.41, 5.74) is 2.10. The van der Waals surface area contributed by atoms with Gasteiger partial charge < -0.3 is 24.8 Å². The van der Waals surface area contributed by atoms with Gasteiger partial charge in [0.15, 0.2) is 5.75 Å². The Morgan fingerprint density at radius 3 is 2.56 bits per heavy atom. The van der Waals surface area contributed by atoms with Gasteiger partial charge in [-0.1, -0.05) is 44.4 Å². The minimum atomic E-state index is -0.343. The molecule has 1 aliphatic heterocycles. The van der Waals surface area contributed by atoms with Crippen LogP contribution in [0.5, 0.6) is 11.5 Å². The van der Waals surface area contributed by atoms with E-state index in [2.05, 4.69) is 36.3 Å². The molecular formula is C31H43N3O5. The van der Waals surface area contributed by atoms with Gasteiger partial charge in [0.05, 0.1) is 31.0 Å². The number of aliphatic hydroxyl groups is 1. The van der Waals surface area contributed by atoms with E-state index >= 15 is 0 Å². The van der Waals surface area contributed by atoms with Gasteiger partial charge in [-0.3, -0.25) is 14.5 Å². The number of rotatable bonds is 9. The van der Waals surface area contributed by atoms with E-state index in [0.29, 0.717) is 30.1 Å². The number of para-hydroxylation sites is 1. The van der Waals surface area contributed by atoms with Gasteiger partial charge in [-0.2, -0.15) is 0 Å². The van der Waals surface area contributed by atoms with Gasteiger partial charge in [0, 0.05) is 31.5 Å². The van der Waals surface area contributed by atoms with Crippen LogP contribution in [-0.4, -0.2) is 72.7 Å². The Labute approximate surface area is 232 Å². The summed E-state index contributed by atoms with van der Waals surface area (Å²) in [5, 5.41) is 13.0. The van der Waals surface area contributed by atoms with Crippen LogP contribution in [0.3, 0.4) is 0 Å². The molecular weight excluding hydrogens is 494 g/mol. The number of carbonyl (C=O) groups is 2. The lowest BCUT2D eigenvalue weighted by Crippen LogP contribution is -2.49. The highest BCUT2D eigenvalue weighted by Crippen LogP contribution is 2.36. The number of anilines is 1. The summed E-state index contributed by atoms with van der Waals surface area (Å²) in [7, 11) is 3.71. The number of benzene rings is 2. The Kier molecular flexibility index (Phi) is 9.86. The fourth-order valence-electron chi connectivity index (χ4n) is 5.57. The molecule has 2 aromatic rings. The number of methoxy groups -OCH3 is 1. The lowest BCUT2D eigenvalue weighted by atomic mass is 9.88. The van der Waals surface area contributed by atoms with E-state index in [1.54, 1.807) is 24.1 Å². The molecule has 8 nitrogen and oxygen atoms in total. The molecule has 1 aliphatic carbocycles. The van der Waals surface area contributed by atoms with Gasteiger partial charge in [0.25, 0.3) is 5.91 Å². The second-order valence-electron chi connectivity index (χ2n) is 11.2. The number of hydrogen-bond donors (Lipinski definition) is 2. The zero-order valence-electron chi connectivity index (χ0n) is 23.7. The maximum Gasteiger partial charge on any atom is 0.258 e. The third-order valence-corrected chi connectivity index (χ3v) is 8.03. The van der Waals surface area contributed by atoms with Crippen molar-refractivity contribution in [3.8, 4) is 11.5 Å². The Hall–Kier alpha value is -3.10. The fraction of sp³-hybridized carbons (Fsp3) is 0.548. The number of carbonyl (C=O) groups excluding carboxylic acids is 2. The van der Waals surface area contributed by atoms with Crippen molar-refractivity contribution >= 4 is 17.5 Å². The summed E-state index contributed by atoms with van der Waals surface area (Å²) in [5.74, 6) is 0.989. The molecule has 8 heteroatoms. The number of nitrogens with one attached hydrogen (secondary N) is 1. The van der Waals surface area contributed by atoms with Gasteiger partial charge in [-0.15, -0.1) is 0 Å². The lowest BCUT2D eigenvalue weighted by molar-refractivity contribution is -0.120. The predicted octanol–water partition coefficient (Wildman–Crippen LogP) is 4.57. The molecule has 2 aromatic carbocycles. The topological polar surface area (TPSA) is 91.3 Å². The van der Waals surface area contributed by atoms with E-state index < -0.39 is 0 Å². The second-order valence-corrected chi connectivity index (χ2v) is 11.2. The molecule has 0 spiro atoms. The van der Waals surface area contributed by atoms with Crippen LogP contribution >= 0.6 is 0 Å². The third kappa shape index (κ3) is 7.11. The number of fused-ring (bicyclic) bond motifs is 1. The first-order valence-electron chi connectivity index (χ1n) is 14.1. The molecule has 0 radical (unpaired) electrons. The molecule has 3 atom stereocenters. The van der Waals surface area contributed by atoms with Crippen molar-refractivity contribution in [1.29, 1.82) is 0 Å². The summed E-state index contributed by atoms with van der Waals surface area (Å²) in [6.45, 7) is 5.59. The van der Waals surface area contributed by atoms with Crippen molar-refractivity contribution in [2.75, 3.05) is 39.2 Å². The highest BCUT2D eigenvalue weighted by atomic mass is 16.5. The van der Waals surface area contributed by atoms with Crippen molar-refractivity contribution in [3.05, 3.63) is 53.6 Å². The van der Waals surface area contributed by atoms with Gasteiger partial charge >= 0.3 is 0 Å². The number of nitrogens with zero attached hydrogens (tertiary/aromatic N) is 2. The zero-order chi connectivity index (χ0) is 27.9. The smallest absolute Gasteiger partial charge is 0.258 e. The lowest BCUT2D eigenvalue weighted by Gasteiger charge is -2.38. The first kappa shape index (κ1) is 28.9. The standard InChI is InChI=1S/C31H43N3O5/c1-21-17-34(22(2)20-35)31(37)26-11-8-12-27(32-30(36)24-9-6-5-7-10-24)29(26)39-28(21)19-33(3)18-23-13-15-25(38-4)16-14-23/h8,11-16,21-22,24,28,35H,5-7,9-10,17-20H2,1-4H3,(H,32,36)/t21-,22+,28-/m0/s1. The molecule has 1 fully saturated rings. The molecule has 1 saturated carbocycles. The van der Waals surface area contributed by atoms with Crippen LogP contribution in [-0.2, 0) is 11.3 Å². The second kappa shape index (κ2) is 13.3. The number of ether oxygens (including phenoxy) is 2. The summed E-state index contributed by atoms with van der Waals surface area (Å²) >= 11 is 0. The molecule has 2 aliphatic rings. The van der Waals surface area contributed by atoms with Crippen molar-refractivity contribution in [1.82, 2.24) is 9.80 Å². The van der Waals surface area contributed by atoms with E-state index in [1.165, 1.54) is 6.42 Å². The number of hydrogen-bond acceptors (Lipinski definition) is 6. The van der Waals surface area contributed by atoms with Crippen LogP contribution in [0.1, 0.15) is 61.9 Å². The van der Waals surface area contributed by atoms with Gasteiger partial charge in [0.2, 0.25) is 5.91 Å². The Morgan fingerprint density at radius 1 is 1.18 bits per heavy atom. The Balaban J connectivity index is 1.61. The highest BCUT2D eigenvalue weighted by Gasteiger charge is 2.35. The monoisotopic (exact) mass is 537 g/mol. The average molecular weight is 538 g/mol. The maximum atomic E-state index is 13.7.